The van der Waals surface area contributed by atoms with E-state index < -0.39 is 37.4 Å². The number of alkyl halides is 2. The molecule has 0 aromatic heterocycles. The number of hydrogen-bond acceptors (Lipinski definition) is 4. The SMILES string of the molecule is O=C1CCC(C(=O)N2CC(F)(F)CC2CO)=NN1Cc1ccccc1. The Hall–Kier alpha value is -2.35. The van der Waals surface area contributed by atoms with Gasteiger partial charge in [0.15, 0.2) is 0 Å². The number of likely N-dealkylation sites (tertiary alicyclic amines) is 1. The summed E-state index contributed by atoms with van der Waals surface area (Å²) in [4.78, 5) is 25.6. The highest BCUT2D eigenvalue weighted by molar-refractivity contribution is 6.39. The first-order valence-electron chi connectivity index (χ1n) is 8.11. The Bertz CT molecular complexity index is 694. The average Bonchev–Trinajstić information content (AvgIpc) is 2.92. The molecule has 25 heavy (non-hydrogen) atoms. The van der Waals surface area contributed by atoms with Crippen LogP contribution in [0.4, 0.5) is 8.78 Å². The lowest BCUT2D eigenvalue weighted by atomic mass is 10.1. The minimum absolute atomic E-state index is 0.0756. The van der Waals surface area contributed by atoms with Crippen LogP contribution < -0.4 is 0 Å². The normalized spacial score (nSPS) is 22.9. The highest BCUT2D eigenvalue weighted by Gasteiger charge is 2.47. The number of aliphatic hydroxyl groups is 1. The Kier molecular flexibility index (Phi) is 4.80. The summed E-state index contributed by atoms with van der Waals surface area (Å²) in [5, 5.41) is 14.6. The van der Waals surface area contributed by atoms with Crippen molar-refractivity contribution in [2.45, 2.75) is 37.8 Å². The zero-order valence-electron chi connectivity index (χ0n) is 13.6. The van der Waals surface area contributed by atoms with Crippen LogP contribution in [0.15, 0.2) is 35.4 Å². The number of hydrogen-bond donors (Lipinski definition) is 1. The molecule has 1 saturated heterocycles. The van der Waals surface area contributed by atoms with E-state index in [9.17, 15) is 23.5 Å². The van der Waals surface area contributed by atoms with Crippen molar-refractivity contribution in [1.29, 1.82) is 0 Å². The van der Waals surface area contributed by atoms with Gasteiger partial charge < -0.3 is 10.0 Å². The molecule has 0 bridgehead atoms. The van der Waals surface area contributed by atoms with Crippen LogP contribution in [0.2, 0.25) is 0 Å². The second-order valence-electron chi connectivity index (χ2n) is 6.31. The van der Waals surface area contributed by atoms with Crippen molar-refractivity contribution in [1.82, 2.24) is 9.91 Å². The number of aliphatic hydroxyl groups excluding tert-OH is 1. The standard InChI is InChI=1S/C17H19F2N3O3/c18-17(19)8-13(10-23)21(11-17)16(25)14-6-7-15(24)22(20-14)9-12-4-2-1-3-5-12/h1-5,13,23H,6-11H2. The molecule has 134 valence electrons. The second kappa shape index (κ2) is 6.87. The van der Waals surface area contributed by atoms with E-state index in [4.69, 9.17) is 0 Å². The lowest BCUT2D eigenvalue weighted by molar-refractivity contribution is -0.133. The molecule has 1 N–H and O–H groups in total. The molecule has 2 aliphatic heterocycles. The summed E-state index contributed by atoms with van der Waals surface area (Å²) in [7, 11) is 0. The van der Waals surface area contributed by atoms with Gasteiger partial charge in [-0.25, -0.2) is 13.8 Å². The fourth-order valence-electron chi connectivity index (χ4n) is 3.10. The van der Waals surface area contributed by atoms with Crippen LogP contribution in [0.5, 0.6) is 0 Å². The highest BCUT2D eigenvalue weighted by Crippen LogP contribution is 2.32. The third-order valence-electron chi connectivity index (χ3n) is 4.38. The fourth-order valence-corrected chi connectivity index (χ4v) is 3.10. The van der Waals surface area contributed by atoms with Gasteiger partial charge in [0.25, 0.3) is 11.8 Å². The van der Waals surface area contributed by atoms with Gasteiger partial charge in [0.2, 0.25) is 5.91 Å². The molecule has 2 amide bonds. The van der Waals surface area contributed by atoms with Crippen molar-refractivity contribution < 1.29 is 23.5 Å². The van der Waals surface area contributed by atoms with Crippen LogP contribution in [-0.4, -0.2) is 57.7 Å². The van der Waals surface area contributed by atoms with E-state index in [1.165, 1.54) is 5.01 Å². The van der Waals surface area contributed by atoms with Gasteiger partial charge in [-0.05, 0) is 5.56 Å². The van der Waals surface area contributed by atoms with Gasteiger partial charge in [0, 0.05) is 19.3 Å². The van der Waals surface area contributed by atoms with Crippen molar-refractivity contribution in [2.75, 3.05) is 13.2 Å². The topological polar surface area (TPSA) is 73.2 Å². The van der Waals surface area contributed by atoms with Crippen molar-refractivity contribution in [3.05, 3.63) is 35.9 Å². The molecule has 2 heterocycles. The molecule has 3 rings (SSSR count). The Morgan fingerprint density at radius 1 is 1.28 bits per heavy atom. The van der Waals surface area contributed by atoms with E-state index in [-0.39, 0.29) is 31.0 Å². The van der Waals surface area contributed by atoms with E-state index >= 15 is 0 Å². The molecule has 2 aliphatic rings. The Morgan fingerprint density at radius 3 is 2.68 bits per heavy atom. The maximum atomic E-state index is 13.6. The van der Waals surface area contributed by atoms with Crippen molar-refractivity contribution >= 4 is 17.5 Å². The van der Waals surface area contributed by atoms with Crippen molar-refractivity contribution in [2.24, 2.45) is 5.10 Å². The molecule has 8 heteroatoms. The largest absolute Gasteiger partial charge is 0.394 e. The zero-order chi connectivity index (χ0) is 18.0. The van der Waals surface area contributed by atoms with Gasteiger partial charge in [-0.1, -0.05) is 30.3 Å². The molecular formula is C17H19F2N3O3. The summed E-state index contributed by atoms with van der Waals surface area (Å²) in [6.45, 7) is -1.04. The van der Waals surface area contributed by atoms with Gasteiger partial charge in [-0.2, -0.15) is 5.10 Å². The number of carbonyl (C=O) groups is 2. The molecule has 0 aliphatic carbocycles. The summed E-state index contributed by atoms with van der Waals surface area (Å²) < 4.78 is 27.2. The van der Waals surface area contributed by atoms with E-state index in [0.717, 1.165) is 10.5 Å². The van der Waals surface area contributed by atoms with Gasteiger partial charge in [-0.15, -0.1) is 0 Å². The number of rotatable bonds is 4. The third-order valence-corrected chi connectivity index (χ3v) is 4.38. The van der Waals surface area contributed by atoms with Gasteiger partial charge >= 0.3 is 0 Å². The van der Waals surface area contributed by atoms with Crippen LogP contribution in [0, 0.1) is 0 Å². The van der Waals surface area contributed by atoms with Crippen molar-refractivity contribution in [3.8, 4) is 0 Å². The first kappa shape index (κ1) is 17.5. The molecule has 1 atom stereocenters. The van der Waals surface area contributed by atoms with E-state index in [0.29, 0.717) is 0 Å². The van der Waals surface area contributed by atoms with Crippen LogP contribution in [0.25, 0.3) is 0 Å². The monoisotopic (exact) mass is 351 g/mol. The Labute approximate surface area is 143 Å². The molecule has 1 fully saturated rings. The minimum atomic E-state index is -3.02. The lowest BCUT2D eigenvalue weighted by Gasteiger charge is -2.27. The molecule has 0 spiro atoms. The van der Waals surface area contributed by atoms with Gasteiger partial charge in [0.05, 0.1) is 25.7 Å². The van der Waals surface area contributed by atoms with Gasteiger partial charge in [0.1, 0.15) is 5.71 Å². The van der Waals surface area contributed by atoms with E-state index in [2.05, 4.69) is 5.10 Å². The van der Waals surface area contributed by atoms with Crippen LogP contribution in [0.1, 0.15) is 24.8 Å². The van der Waals surface area contributed by atoms with E-state index in [1.54, 1.807) is 0 Å². The summed E-state index contributed by atoms with van der Waals surface area (Å²) in [5.41, 5.74) is 0.931. The Morgan fingerprint density at radius 2 is 2.00 bits per heavy atom. The Balaban J connectivity index is 1.77. The van der Waals surface area contributed by atoms with Crippen LogP contribution in [-0.2, 0) is 16.1 Å². The number of carbonyl (C=O) groups excluding carboxylic acids is 2. The molecule has 1 unspecified atom stereocenters. The molecule has 6 nitrogen and oxygen atoms in total. The minimum Gasteiger partial charge on any atom is -0.394 e. The average molecular weight is 351 g/mol. The molecule has 1 aromatic carbocycles. The molecule has 0 saturated carbocycles. The van der Waals surface area contributed by atoms with Gasteiger partial charge in [-0.3, -0.25) is 9.59 Å². The number of nitrogens with zero attached hydrogens (tertiary/aromatic N) is 3. The first-order chi connectivity index (χ1) is 11.9. The van der Waals surface area contributed by atoms with Crippen LogP contribution in [0.3, 0.4) is 0 Å². The lowest BCUT2D eigenvalue weighted by Crippen LogP contribution is -2.45. The molecule has 0 radical (unpaired) electrons. The zero-order valence-corrected chi connectivity index (χ0v) is 13.6. The predicted molar refractivity (Wildman–Crippen MR) is 85.8 cm³/mol. The molecule has 1 aromatic rings. The number of halogens is 2. The number of benzene rings is 1. The van der Waals surface area contributed by atoms with E-state index in [1.807, 2.05) is 30.3 Å². The smallest absolute Gasteiger partial charge is 0.270 e. The summed E-state index contributed by atoms with van der Waals surface area (Å²) in [5.74, 6) is -3.87. The maximum Gasteiger partial charge on any atom is 0.270 e. The number of hydrazone groups is 1. The third kappa shape index (κ3) is 3.84. The first-order valence-corrected chi connectivity index (χ1v) is 8.11. The highest BCUT2D eigenvalue weighted by atomic mass is 19.3. The summed E-state index contributed by atoms with van der Waals surface area (Å²) in [6.07, 6.45) is -0.343. The maximum absolute atomic E-state index is 13.6. The quantitative estimate of drug-likeness (QED) is 0.891. The van der Waals surface area contributed by atoms with Crippen molar-refractivity contribution in [3.63, 3.8) is 0 Å². The molecular weight excluding hydrogens is 332 g/mol. The van der Waals surface area contributed by atoms with Crippen LogP contribution >= 0.6 is 0 Å². The summed E-state index contributed by atoms with van der Waals surface area (Å²) >= 11 is 0. The fraction of sp³-hybridized carbons (Fsp3) is 0.471. The second-order valence-corrected chi connectivity index (χ2v) is 6.31. The number of amides is 2. The predicted octanol–water partition coefficient (Wildman–Crippen LogP) is 1.39. The summed E-state index contributed by atoms with van der Waals surface area (Å²) in [6, 6.07) is 8.26.